The third-order valence-corrected chi connectivity index (χ3v) is 3.14. The van der Waals surface area contributed by atoms with Crippen LogP contribution in [-0.4, -0.2) is 17.6 Å². The van der Waals surface area contributed by atoms with Crippen molar-refractivity contribution in [2.45, 2.75) is 26.8 Å². The lowest BCUT2D eigenvalue weighted by atomic mass is 9.88. The molecule has 1 aromatic carbocycles. The second kappa shape index (κ2) is 4.94. The fourth-order valence-corrected chi connectivity index (χ4v) is 1.63. The first-order valence-electron chi connectivity index (χ1n) is 6.20. The topological polar surface area (TPSA) is 48.1 Å². The summed E-state index contributed by atoms with van der Waals surface area (Å²) in [5.74, 6) is 0.848. The zero-order chi connectivity index (χ0) is 13.2. The summed E-state index contributed by atoms with van der Waals surface area (Å²) in [5, 5.41) is 1.03. The van der Waals surface area contributed by atoms with Crippen LogP contribution in [0.15, 0.2) is 36.5 Å². The minimum atomic E-state index is 0.00410. The van der Waals surface area contributed by atoms with Gasteiger partial charge >= 0.3 is 0 Å². The van der Waals surface area contributed by atoms with E-state index in [4.69, 9.17) is 10.5 Å². The molecule has 96 valence electrons. The van der Waals surface area contributed by atoms with Crippen molar-refractivity contribution >= 4 is 10.9 Å². The summed E-state index contributed by atoms with van der Waals surface area (Å²) in [6, 6.07) is 9.82. The Morgan fingerprint density at radius 2 is 2.00 bits per heavy atom. The van der Waals surface area contributed by atoms with Crippen LogP contribution in [0.1, 0.15) is 20.8 Å². The fraction of sp³-hybridized carbons (Fsp3) is 0.400. The highest BCUT2D eigenvalue weighted by Crippen LogP contribution is 2.25. The lowest BCUT2D eigenvalue weighted by Crippen LogP contribution is -2.40. The number of fused-ring (bicyclic) bond motifs is 1. The van der Waals surface area contributed by atoms with Crippen LogP contribution in [0, 0.1) is 5.41 Å². The molecule has 3 nitrogen and oxygen atoms in total. The predicted octanol–water partition coefficient (Wildman–Crippen LogP) is 2.99. The van der Waals surface area contributed by atoms with Gasteiger partial charge in [0.25, 0.3) is 0 Å². The predicted molar refractivity (Wildman–Crippen MR) is 74.7 cm³/mol. The average molecular weight is 244 g/mol. The highest BCUT2D eigenvalue weighted by atomic mass is 16.5. The molecule has 0 fully saturated rings. The third-order valence-electron chi connectivity index (χ3n) is 3.14. The number of nitrogens with zero attached hydrogens (tertiary/aromatic N) is 1. The summed E-state index contributed by atoms with van der Waals surface area (Å²) in [5.41, 5.74) is 7.09. The SMILES string of the molecule is CC(C)(C)C(N)COc1cccc2ncccc12. The van der Waals surface area contributed by atoms with Crippen molar-refractivity contribution < 1.29 is 4.74 Å². The standard InChI is InChI=1S/C15H20N2O/c1-15(2,3)14(16)10-18-13-8-4-7-12-11(13)6-5-9-17-12/h4-9,14H,10,16H2,1-3H3. The van der Waals surface area contributed by atoms with E-state index in [9.17, 15) is 0 Å². The molecule has 0 aliphatic carbocycles. The molecular formula is C15H20N2O. The van der Waals surface area contributed by atoms with Gasteiger partial charge in [0, 0.05) is 17.6 Å². The van der Waals surface area contributed by atoms with Gasteiger partial charge in [-0.2, -0.15) is 0 Å². The van der Waals surface area contributed by atoms with Crippen molar-refractivity contribution in [3.63, 3.8) is 0 Å². The van der Waals surface area contributed by atoms with Crippen molar-refractivity contribution in [2.24, 2.45) is 11.1 Å². The number of nitrogens with two attached hydrogens (primary N) is 1. The maximum Gasteiger partial charge on any atom is 0.128 e. The molecule has 1 atom stereocenters. The van der Waals surface area contributed by atoms with Crippen molar-refractivity contribution in [2.75, 3.05) is 6.61 Å². The zero-order valence-corrected chi connectivity index (χ0v) is 11.2. The first-order valence-corrected chi connectivity index (χ1v) is 6.20. The number of pyridine rings is 1. The lowest BCUT2D eigenvalue weighted by molar-refractivity contribution is 0.207. The van der Waals surface area contributed by atoms with Gasteiger partial charge in [-0.15, -0.1) is 0 Å². The first kappa shape index (κ1) is 12.8. The minimum Gasteiger partial charge on any atom is -0.491 e. The van der Waals surface area contributed by atoms with E-state index in [-0.39, 0.29) is 11.5 Å². The Kier molecular flexibility index (Phi) is 3.53. The zero-order valence-electron chi connectivity index (χ0n) is 11.2. The number of rotatable bonds is 3. The molecule has 1 aromatic heterocycles. The van der Waals surface area contributed by atoms with E-state index in [0.717, 1.165) is 16.7 Å². The van der Waals surface area contributed by atoms with Crippen molar-refractivity contribution in [3.05, 3.63) is 36.5 Å². The van der Waals surface area contributed by atoms with Gasteiger partial charge in [-0.3, -0.25) is 4.98 Å². The third kappa shape index (κ3) is 2.79. The fourth-order valence-electron chi connectivity index (χ4n) is 1.63. The summed E-state index contributed by atoms with van der Waals surface area (Å²) < 4.78 is 5.84. The van der Waals surface area contributed by atoms with Gasteiger partial charge < -0.3 is 10.5 Å². The van der Waals surface area contributed by atoms with Crippen LogP contribution in [0.3, 0.4) is 0 Å². The average Bonchev–Trinajstić information content (AvgIpc) is 2.34. The molecule has 3 heteroatoms. The lowest BCUT2D eigenvalue weighted by Gasteiger charge is -2.27. The molecule has 0 aliphatic heterocycles. The maximum absolute atomic E-state index is 6.10. The van der Waals surface area contributed by atoms with Gasteiger partial charge in [-0.05, 0) is 29.7 Å². The Bertz CT molecular complexity index is 526. The highest BCUT2D eigenvalue weighted by molar-refractivity contribution is 5.84. The molecule has 0 bridgehead atoms. The molecule has 0 spiro atoms. The normalized spacial score (nSPS) is 13.6. The maximum atomic E-state index is 6.10. The van der Waals surface area contributed by atoms with E-state index in [2.05, 4.69) is 25.8 Å². The molecule has 1 unspecified atom stereocenters. The molecule has 0 aliphatic rings. The van der Waals surface area contributed by atoms with E-state index >= 15 is 0 Å². The molecule has 2 aromatic rings. The number of aromatic nitrogens is 1. The minimum absolute atomic E-state index is 0.00410. The largest absolute Gasteiger partial charge is 0.491 e. The molecular weight excluding hydrogens is 224 g/mol. The van der Waals surface area contributed by atoms with E-state index in [0.29, 0.717) is 6.61 Å². The van der Waals surface area contributed by atoms with E-state index in [1.54, 1.807) is 6.20 Å². The van der Waals surface area contributed by atoms with Gasteiger partial charge in [-0.1, -0.05) is 26.8 Å². The quantitative estimate of drug-likeness (QED) is 0.903. The van der Waals surface area contributed by atoms with Crippen molar-refractivity contribution in [1.29, 1.82) is 0 Å². The molecule has 1 heterocycles. The molecule has 2 rings (SSSR count). The Hall–Kier alpha value is -1.61. The van der Waals surface area contributed by atoms with Crippen LogP contribution in [0.4, 0.5) is 0 Å². The van der Waals surface area contributed by atoms with Crippen molar-refractivity contribution in [1.82, 2.24) is 4.98 Å². The van der Waals surface area contributed by atoms with Crippen LogP contribution in [0.2, 0.25) is 0 Å². The molecule has 0 saturated carbocycles. The Morgan fingerprint density at radius 1 is 1.22 bits per heavy atom. The van der Waals surface area contributed by atoms with E-state index in [1.165, 1.54) is 0 Å². The summed E-state index contributed by atoms with van der Waals surface area (Å²) in [7, 11) is 0. The summed E-state index contributed by atoms with van der Waals surface area (Å²) in [6.45, 7) is 6.86. The first-order chi connectivity index (χ1) is 8.48. The van der Waals surface area contributed by atoms with E-state index in [1.807, 2.05) is 30.3 Å². The monoisotopic (exact) mass is 244 g/mol. The van der Waals surface area contributed by atoms with Gasteiger partial charge in [0.05, 0.1) is 5.52 Å². The van der Waals surface area contributed by atoms with Crippen molar-refractivity contribution in [3.8, 4) is 5.75 Å². The Morgan fingerprint density at radius 3 is 2.72 bits per heavy atom. The molecule has 0 saturated heterocycles. The Balaban J connectivity index is 2.18. The molecule has 0 amide bonds. The van der Waals surface area contributed by atoms with Crippen LogP contribution >= 0.6 is 0 Å². The summed E-state index contributed by atoms with van der Waals surface area (Å²) in [6.07, 6.45) is 1.78. The second-order valence-electron chi connectivity index (χ2n) is 5.61. The van der Waals surface area contributed by atoms with Gasteiger partial charge in [0.15, 0.2) is 0 Å². The number of ether oxygens (including phenoxy) is 1. The summed E-state index contributed by atoms with van der Waals surface area (Å²) >= 11 is 0. The highest BCUT2D eigenvalue weighted by Gasteiger charge is 2.21. The van der Waals surface area contributed by atoms with E-state index < -0.39 is 0 Å². The van der Waals surface area contributed by atoms with Crippen LogP contribution in [-0.2, 0) is 0 Å². The molecule has 0 radical (unpaired) electrons. The smallest absolute Gasteiger partial charge is 0.128 e. The molecule has 18 heavy (non-hydrogen) atoms. The number of hydrogen-bond acceptors (Lipinski definition) is 3. The van der Waals surface area contributed by atoms with Gasteiger partial charge in [0.1, 0.15) is 12.4 Å². The Labute approximate surface area is 108 Å². The van der Waals surface area contributed by atoms with Gasteiger partial charge in [-0.25, -0.2) is 0 Å². The van der Waals surface area contributed by atoms with Gasteiger partial charge in [0.2, 0.25) is 0 Å². The van der Waals surface area contributed by atoms with Crippen LogP contribution in [0.25, 0.3) is 10.9 Å². The number of benzene rings is 1. The second-order valence-corrected chi connectivity index (χ2v) is 5.61. The summed E-state index contributed by atoms with van der Waals surface area (Å²) in [4.78, 5) is 4.31. The number of hydrogen-bond donors (Lipinski definition) is 1. The molecule has 2 N–H and O–H groups in total. The van der Waals surface area contributed by atoms with Crippen LogP contribution in [0.5, 0.6) is 5.75 Å². The van der Waals surface area contributed by atoms with Crippen LogP contribution < -0.4 is 10.5 Å².